The number of carbonyl (C=O) groups is 1. The molecule has 2 aromatic rings. The number of rotatable bonds is 4. The van der Waals surface area contributed by atoms with Gasteiger partial charge in [-0.2, -0.15) is 0 Å². The van der Waals surface area contributed by atoms with Crippen molar-refractivity contribution in [1.29, 1.82) is 0 Å². The van der Waals surface area contributed by atoms with Crippen LogP contribution in [0.25, 0.3) is 10.8 Å². The minimum Gasteiger partial charge on any atom is -0.398 e. The molecule has 0 aromatic heterocycles. The summed E-state index contributed by atoms with van der Waals surface area (Å²) in [5.74, 6) is -0.0323. The molecule has 0 saturated heterocycles. The van der Waals surface area contributed by atoms with Crippen LogP contribution in [0.2, 0.25) is 0 Å². The first-order valence-electron chi connectivity index (χ1n) is 6.67. The summed E-state index contributed by atoms with van der Waals surface area (Å²) in [5, 5.41) is 2.09. The van der Waals surface area contributed by atoms with Crippen molar-refractivity contribution in [2.45, 2.75) is 0 Å². The van der Waals surface area contributed by atoms with E-state index in [9.17, 15) is 4.79 Å². The van der Waals surface area contributed by atoms with Crippen LogP contribution < -0.4 is 5.73 Å². The van der Waals surface area contributed by atoms with Gasteiger partial charge < -0.3 is 15.5 Å². The minimum atomic E-state index is -0.0323. The predicted octanol–water partition coefficient (Wildman–Crippen LogP) is 2.06. The van der Waals surface area contributed by atoms with E-state index in [-0.39, 0.29) is 5.91 Å². The number of nitrogen functional groups attached to an aromatic ring is 1. The molecule has 0 bridgehead atoms. The van der Waals surface area contributed by atoms with Crippen molar-refractivity contribution < 1.29 is 4.79 Å². The van der Waals surface area contributed by atoms with Crippen LogP contribution in [0.15, 0.2) is 36.4 Å². The van der Waals surface area contributed by atoms with Crippen molar-refractivity contribution >= 4 is 22.4 Å². The Morgan fingerprint density at radius 3 is 2.25 bits per heavy atom. The second kappa shape index (κ2) is 5.92. The van der Waals surface area contributed by atoms with Crippen molar-refractivity contribution in [2.75, 3.05) is 40.0 Å². The number of benzene rings is 2. The SMILES string of the molecule is CN(C)CCN(C)C(=O)c1cc2ccccc2cc1N. The molecular weight excluding hydrogens is 250 g/mol. The van der Waals surface area contributed by atoms with Gasteiger partial charge in [0.1, 0.15) is 0 Å². The molecule has 2 N–H and O–H groups in total. The summed E-state index contributed by atoms with van der Waals surface area (Å²) in [6.45, 7) is 1.51. The molecule has 0 aliphatic rings. The zero-order valence-corrected chi connectivity index (χ0v) is 12.3. The highest BCUT2D eigenvalue weighted by Crippen LogP contribution is 2.22. The number of likely N-dealkylation sites (N-methyl/N-ethyl adjacent to an activating group) is 2. The van der Waals surface area contributed by atoms with E-state index in [0.717, 1.165) is 17.3 Å². The number of hydrogen-bond donors (Lipinski definition) is 1. The molecule has 0 saturated carbocycles. The van der Waals surface area contributed by atoms with Crippen LogP contribution in [0, 0.1) is 0 Å². The fourth-order valence-electron chi connectivity index (χ4n) is 2.10. The molecule has 1 amide bonds. The maximum atomic E-state index is 12.4. The molecule has 0 heterocycles. The lowest BCUT2D eigenvalue weighted by Crippen LogP contribution is -2.33. The van der Waals surface area contributed by atoms with E-state index in [1.165, 1.54) is 0 Å². The Balaban J connectivity index is 2.27. The van der Waals surface area contributed by atoms with E-state index < -0.39 is 0 Å². The molecular formula is C16H21N3O. The van der Waals surface area contributed by atoms with Crippen molar-refractivity contribution in [3.8, 4) is 0 Å². The smallest absolute Gasteiger partial charge is 0.255 e. The summed E-state index contributed by atoms with van der Waals surface area (Å²) in [6.07, 6.45) is 0. The largest absolute Gasteiger partial charge is 0.398 e. The molecule has 2 aromatic carbocycles. The fraction of sp³-hybridized carbons (Fsp3) is 0.312. The summed E-state index contributed by atoms with van der Waals surface area (Å²) >= 11 is 0. The summed E-state index contributed by atoms with van der Waals surface area (Å²) in [4.78, 5) is 16.2. The lowest BCUT2D eigenvalue weighted by atomic mass is 10.0. The molecule has 0 atom stereocenters. The van der Waals surface area contributed by atoms with E-state index in [1.807, 2.05) is 55.4 Å². The number of anilines is 1. The van der Waals surface area contributed by atoms with Gasteiger partial charge in [0.05, 0.1) is 5.56 Å². The third kappa shape index (κ3) is 3.08. The van der Waals surface area contributed by atoms with Gasteiger partial charge >= 0.3 is 0 Å². The fourth-order valence-corrected chi connectivity index (χ4v) is 2.10. The molecule has 4 nitrogen and oxygen atoms in total. The van der Waals surface area contributed by atoms with Crippen molar-refractivity contribution in [2.24, 2.45) is 0 Å². The Morgan fingerprint density at radius 1 is 1.05 bits per heavy atom. The van der Waals surface area contributed by atoms with Crippen LogP contribution in [-0.4, -0.2) is 49.9 Å². The second-order valence-corrected chi connectivity index (χ2v) is 5.32. The first-order valence-corrected chi connectivity index (χ1v) is 6.67. The highest BCUT2D eigenvalue weighted by Gasteiger charge is 2.15. The standard InChI is InChI=1S/C16H21N3O/c1-18(2)8-9-19(3)16(20)14-10-12-6-4-5-7-13(12)11-15(14)17/h4-7,10-11H,8-9,17H2,1-3H3. The highest BCUT2D eigenvalue weighted by molar-refractivity contribution is 6.03. The molecule has 0 fully saturated rings. The normalized spacial score (nSPS) is 11.0. The number of nitrogens with zero attached hydrogens (tertiary/aromatic N) is 2. The van der Waals surface area contributed by atoms with Crippen LogP contribution in [0.1, 0.15) is 10.4 Å². The van der Waals surface area contributed by atoms with Crippen molar-refractivity contribution in [1.82, 2.24) is 9.80 Å². The van der Waals surface area contributed by atoms with Crippen LogP contribution >= 0.6 is 0 Å². The van der Waals surface area contributed by atoms with Gasteiger partial charge in [0.2, 0.25) is 0 Å². The van der Waals surface area contributed by atoms with Crippen molar-refractivity contribution in [3.63, 3.8) is 0 Å². The summed E-state index contributed by atoms with van der Waals surface area (Å²) < 4.78 is 0. The van der Waals surface area contributed by atoms with Gasteiger partial charge in [-0.3, -0.25) is 4.79 Å². The zero-order valence-electron chi connectivity index (χ0n) is 12.3. The van der Waals surface area contributed by atoms with Gasteiger partial charge in [-0.25, -0.2) is 0 Å². The Labute approximate surface area is 119 Å². The summed E-state index contributed by atoms with van der Waals surface area (Å²) in [6, 6.07) is 11.7. The highest BCUT2D eigenvalue weighted by atomic mass is 16.2. The zero-order chi connectivity index (χ0) is 14.7. The predicted molar refractivity (Wildman–Crippen MR) is 83.9 cm³/mol. The third-order valence-corrected chi connectivity index (χ3v) is 3.38. The summed E-state index contributed by atoms with van der Waals surface area (Å²) in [5.41, 5.74) is 7.13. The van der Waals surface area contributed by atoms with Crippen LogP contribution in [0.3, 0.4) is 0 Å². The maximum absolute atomic E-state index is 12.4. The monoisotopic (exact) mass is 271 g/mol. The van der Waals surface area contributed by atoms with Gasteiger partial charge in [-0.1, -0.05) is 24.3 Å². The number of carbonyl (C=O) groups excluding carboxylic acids is 1. The molecule has 2 rings (SSSR count). The van der Waals surface area contributed by atoms with Gasteiger partial charge in [0.25, 0.3) is 5.91 Å². The van der Waals surface area contributed by atoms with Crippen LogP contribution in [-0.2, 0) is 0 Å². The lowest BCUT2D eigenvalue weighted by Gasteiger charge is -2.20. The molecule has 0 radical (unpaired) electrons. The maximum Gasteiger partial charge on any atom is 0.255 e. The Bertz CT molecular complexity index is 622. The number of nitrogens with two attached hydrogens (primary N) is 1. The molecule has 0 aliphatic heterocycles. The lowest BCUT2D eigenvalue weighted by molar-refractivity contribution is 0.0787. The van der Waals surface area contributed by atoms with Crippen LogP contribution in [0.4, 0.5) is 5.69 Å². The van der Waals surface area contributed by atoms with Gasteiger partial charge in [0.15, 0.2) is 0 Å². The Kier molecular flexibility index (Phi) is 4.25. The van der Waals surface area contributed by atoms with Gasteiger partial charge in [-0.05, 0) is 37.0 Å². The Hall–Kier alpha value is -2.07. The third-order valence-electron chi connectivity index (χ3n) is 3.38. The summed E-state index contributed by atoms with van der Waals surface area (Å²) in [7, 11) is 5.78. The number of amides is 1. The minimum absolute atomic E-state index is 0.0323. The average molecular weight is 271 g/mol. The molecule has 0 unspecified atom stereocenters. The van der Waals surface area contributed by atoms with E-state index in [4.69, 9.17) is 5.73 Å². The molecule has 106 valence electrons. The Morgan fingerprint density at radius 2 is 1.65 bits per heavy atom. The molecule has 4 heteroatoms. The van der Waals surface area contributed by atoms with Crippen molar-refractivity contribution in [3.05, 3.63) is 42.0 Å². The molecule has 20 heavy (non-hydrogen) atoms. The van der Waals surface area contributed by atoms with Crippen LogP contribution in [0.5, 0.6) is 0 Å². The number of hydrogen-bond acceptors (Lipinski definition) is 3. The van der Waals surface area contributed by atoms with E-state index in [0.29, 0.717) is 17.8 Å². The number of fused-ring (bicyclic) bond motifs is 1. The quantitative estimate of drug-likeness (QED) is 0.866. The van der Waals surface area contributed by atoms with Gasteiger partial charge in [0, 0.05) is 25.8 Å². The first-order chi connectivity index (χ1) is 9.49. The topological polar surface area (TPSA) is 49.6 Å². The van der Waals surface area contributed by atoms with E-state index in [1.54, 1.807) is 11.9 Å². The average Bonchev–Trinajstić information content (AvgIpc) is 2.43. The van der Waals surface area contributed by atoms with Gasteiger partial charge in [-0.15, -0.1) is 0 Å². The first kappa shape index (κ1) is 14.3. The van der Waals surface area contributed by atoms with E-state index in [2.05, 4.69) is 0 Å². The molecule has 0 aliphatic carbocycles. The molecule has 0 spiro atoms. The van der Waals surface area contributed by atoms with E-state index >= 15 is 0 Å². The second-order valence-electron chi connectivity index (χ2n) is 5.32.